The fourth-order valence-electron chi connectivity index (χ4n) is 3.03. The lowest BCUT2D eigenvalue weighted by Gasteiger charge is -2.27. The van der Waals surface area contributed by atoms with Crippen LogP contribution in [0.1, 0.15) is 22.8 Å². The monoisotopic (exact) mass is 499 g/mol. The summed E-state index contributed by atoms with van der Waals surface area (Å²) in [6.07, 6.45) is -6.64. The average molecular weight is 499 g/mol. The van der Waals surface area contributed by atoms with Crippen LogP contribution < -0.4 is 10.7 Å². The Morgan fingerprint density at radius 1 is 0.829 bits per heavy atom. The normalized spacial score (nSPS) is 13.0. The van der Waals surface area contributed by atoms with Crippen molar-refractivity contribution in [1.29, 1.82) is 0 Å². The van der Waals surface area contributed by atoms with E-state index in [1.54, 1.807) is 30.3 Å². The highest BCUT2D eigenvalue weighted by Crippen LogP contribution is 2.46. The minimum atomic E-state index is -6.64. The Morgan fingerprint density at radius 3 is 2.14 bits per heavy atom. The Morgan fingerprint density at radius 2 is 1.46 bits per heavy atom. The van der Waals surface area contributed by atoms with Crippen molar-refractivity contribution >= 4 is 34.0 Å². The molecule has 0 bridgehead atoms. The van der Waals surface area contributed by atoms with E-state index in [1.807, 2.05) is 12.1 Å². The molecular formula is C23H16F7N3O2. The lowest BCUT2D eigenvalue weighted by molar-refractivity contribution is -0.343. The fourth-order valence-corrected chi connectivity index (χ4v) is 3.03. The van der Waals surface area contributed by atoms with E-state index >= 15 is 0 Å². The predicted molar refractivity (Wildman–Crippen MR) is 115 cm³/mol. The van der Waals surface area contributed by atoms with Crippen LogP contribution in [0.15, 0.2) is 71.8 Å². The van der Waals surface area contributed by atoms with Gasteiger partial charge in [0.1, 0.15) is 0 Å². The number of fused-ring (bicyclic) bond motifs is 1. The molecule has 12 heteroatoms. The summed E-state index contributed by atoms with van der Waals surface area (Å²) in [5.74, 6) is -16.0. The maximum Gasteiger partial charge on any atom is 0.460 e. The van der Waals surface area contributed by atoms with Crippen molar-refractivity contribution in [3.8, 4) is 0 Å². The Balaban J connectivity index is 1.77. The van der Waals surface area contributed by atoms with Crippen molar-refractivity contribution in [2.75, 3.05) is 5.32 Å². The number of nitrogens with zero attached hydrogens (tertiary/aromatic N) is 1. The van der Waals surface area contributed by atoms with E-state index in [4.69, 9.17) is 0 Å². The lowest BCUT2D eigenvalue weighted by Crippen LogP contribution is -2.57. The Kier molecular flexibility index (Phi) is 6.86. The van der Waals surface area contributed by atoms with Crippen LogP contribution >= 0.6 is 0 Å². The molecule has 0 atom stereocenters. The number of nitrogens with one attached hydrogen (secondary N) is 2. The largest absolute Gasteiger partial charge is 0.460 e. The van der Waals surface area contributed by atoms with E-state index in [0.717, 1.165) is 17.5 Å². The smallest absolute Gasteiger partial charge is 0.321 e. The molecule has 0 aliphatic rings. The molecule has 2 amide bonds. The second-order valence-corrected chi connectivity index (χ2v) is 7.35. The van der Waals surface area contributed by atoms with Crippen molar-refractivity contribution in [1.82, 2.24) is 5.43 Å². The first-order chi connectivity index (χ1) is 16.3. The van der Waals surface area contributed by atoms with Gasteiger partial charge >= 0.3 is 23.9 Å². The number of carbonyl (C=O) groups excluding carboxylic acids is 2. The van der Waals surface area contributed by atoms with Gasteiger partial charge in [-0.1, -0.05) is 48.5 Å². The van der Waals surface area contributed by atoms with Gasteiger partial charge in [0.05, 0.1) is 5.71 Å². The highest BCUT2D eigenvalue weighted by atomic mass is 19.4. The number of hydrazone groups is 1. The molecule has 0 saturated carbocycles. The Hall–Kier alpha value is -3.96. The van der Waals surface area contributed by atoms with Crippen molar-refractivity contribution in [3.63, 3.8) is 0 Å². The van der Waals surface area contributed by atoms with Gasteiger partial charge in [-0.3, -0.25) is 9.59 Å². The fraction of sp³-hybridized carbons (Fsp3) is 0.174. The molecule has 2 N–H and O–H groups in total. The second-order valence-electron chi connectivity index (χ2n) is 7.35. The summed E-state index contributed by atoms with van der Waals surface area (Å²) in [5.41, 5.74) is 2.46. The molecule has 0 saturated heterocycles. The van der Waals surface area contributed by atoms with E-state index in [9.17, 15) is 40.3 Å². The molecule has 3 aromatic carbocycles. The molecule has 0 fully saturated rings. The molecule has 184 valence electrons. The number of anilines is 1. The molecule has 35 heavy (non-hydrogen) atoms. The number of amides is 2. The molecule has 0 aliphatic heterocycles. The summed E-state index contributed by atoms with van der Waals surface area (Å²) in [7, 11) is 0. The number of alkyl halides is 7. The van der Waals surface area contributed by atoms with E-state index in [-0.39, 0.29) is 11.3 Å². The van der Waals surface area contributed by atoms with Gasteiger partial charge in [0.15, 0.2) is 0 Å². The summed E-state index contributed by atoms with van der Waals surface area (Å²) in [6.45, 7) is 1.41. The minimum absolute atomic E-state index is 0.127. The summed E-state index contributed by atoms with van der Waals surface area (Å²) >= 11 is 0. The number of benzene rings is 3. The molecule has 0 spiro atoms. The molecule has 5 nitrogen and oxygen atoms in total. The van der Waals surface area contributed by atoms with E-state index in [0.29, 0.717) is 10.9 Å². The lowest BCUT2D eigenvalue weighted by atomic mass is 10.0. The topological polar surface area (TPSA) is 70.6 Å². The standard InChI is InChI=1S/C23H16F7N3O2/c1-13(32-33-19(34)18-11-5-7-14-6-2-3-10-17(14)18)15-8-4-9-16(12-15)31-20(35)21(24,25)22(26,27)23(28,29)30/h2-12H,1H3,(H,31,35)(H,33,34)/b32-13+. The van der Waals surface area contributed by atoms with Crippen LogP contribution in [0.5, 0.6) is 0 Å². The maximum absolute atomic E-state index is 13.6. The number of halogens is 7. The van der Waals surface area contributed by atoms with Crippen molar-refractivity contribution < 1.29 is 40.3 Å². The van der Waals surface area contributed by atoms with Crippen LogP contribution in [0.4, 0.5) is 36.4 Å². The first-order valence-corrected chi connectivity index (χ1v) is 9.82. The number of carbonyl (C=O) groups is 2. The van der Waals surface area contributed by atoms with Gasteiger partial charge in [-0.2, -0.15) is 35.8 Å². The molecule has 0 radical (unpaired) electrons. The van der Waals surface area contributed by atoms with Crippen molar-refractivity contribution in [3.05, 3.63) is 77.9 Å². The molecule has 0 heterocycles. The molecule has 0 unspecified atom stereocenters. The van der Waals surface area contributed by atoms with E-state index in [1.165, 1.54) is 24.4 Å². The van der Waals surface area contributed by atoms with Gasteiger partial charge in [-0.05, 0) is 41.5 Å². The number of hydrogen-bond acceptors (Lipinski definition) is 3. The maximum atomic E-state index is 13.6. The summed E-state index contributed by atoms with van der Waals surface area (Å²) in [4.78, 5) is 24.1. The van der Waals surface area contributed by atoms with Crippen LogP contribution in [0.2, 0.25) is 0 Å². The molecule has 3 aromatic rings. The first-order valence-electron chi connectivity index (χ1n) is 9.82. The predicted octanol–water partition coefficient (Wildman–Crippen LogP) is 5.77. The summed E-state index contributed by atoms with van der Waals surface area (Å²) < 4.78 is 90.2. The van der Waals surface area contributed by atoms with Gasteiger partial charge < -0.3 is 5.32 Å². The number of hydrogen-bond donors (Lipinski definition) is 2. The van der Waals surface area contributed by atoms with Crippen LogP contribution in [0.3, 0.4) is 0 Å². The third-order valence-corrected chi connectivity index (χ3v) is 4.93. The average Bonchev–Trinajstić information content (AvgIpc) is 2.81. The molecule has 0 aliphatic carbocycles. The van der Waals surface area contributed by atoms with Gasteiger partial charge in [0.2, 0.25) is 0 Å². The molecular weight excluding hydrogens is 483 g/mol. The third kappa shape index (κ3) is 5.10. The van der Waals surface area contributed by atoms with Gasteiger partial charge in [-0.15, -0.1) is 0 Å². The van der Waals surface area contributed by atoms with Gasteiger partial charge in [0.25, 0.3) is 5.91 Å². The van der Waals surface area contributed by atoms with Gasteiger partial charge in [-0.25, -0.2) is 5.43 Å². The zero-order valence-electron chi connectivity index (χ0n) is 17.8. The minimum Gasteiger partial charge on any atom is -0.321 e. The molecule has 0 aromatic heterocycles. The van der Waals surface area contributed by atoms with Crippen LogP contribution in [-0.2, 0) is 4.79 Å². The first kappa shape index (κ1) is 25.7. The highest BCUT2D eigenvalue weighted by Gasteiger charge is 2.76. The van der Waals surface area contributed by atoms with E-state index < -0.39 is 35.5 Å². The van der Waals surface area contributed by atoms with E-state index in [2.05, 4.69) is 10.5 Å². The SMILES string of the molecule is C/C(=N\NC(=O)c1cccc2ccccc12)c1cccc(NC(=O)C(F)(F)C(F)(F)C(F)(F)F)c1. The molecule has 3 rings (SSSR count). The summed E-state index contributed by atoms with van der Waals surface area (Å²) in [5, 5.41) is 6.75. The van der Waals surface area contributed by atoms with Gasteiger partial charge in [0, 0.05) is 11.3 Å². The van der Waals surface area contributed by atoms with Crippen LogP contribution in [0, 0.1) is 0 Å². The summed E-state index contributed by atoms with van der Waals surface area (Å²) in [6, 6.07) is 16.8. The van der Waals surface area contributed by atoms with Crippen LogP contribution in [-0.4, -0.2) is 35.5 Å². The Bertz CT molecular complexity index is 1300. The van der Waals surface area contributed by atoms with Crippen molar-refractivity contribution in [2.45, 2.75) is 24.9 Å². The Labute approximate surface area is 193 Å². The third-order valence-electron chi connectivity index (χ3n) is 4.93. The highest BCUT2D eigenvalue weighted by molar-refractivity contribution is 6.08. The zero-order chi connectivity index (χ0) is 26.0. The van der Waals surface area contributed by atoms with Crippen LogP contribution in [0.25, 0.3) is 10.8 Å². The van der Waals surface area contributed by atoms with Crippen molar-refractivity contribution in [2.24, 2.45) is 5.10 Å². The number of rotatable bonds is 6. The second kappa shape index (κ2) is 9.35. The quantitative estimate of drug-likeness (QED) is 0.257. The zero-order valence-corrected chi connectivity index (χ0v) is 17.8.